The number of para-hydroxylation sites is 1. The van der Waals surface area contributed by atoms with Crippen molar-refractivity contribution in [1.82, 2.24) is 15.2 Å². The van der Waals surface area contributed by atoms with Gasteiger partial charge in [-0.3, -0.25) is 4.79 Å². The lowest BCUT2D eigenvalue weighted by Gasteiger charge is -2.31. The fraction of sp³-hybridized carbons (Fsp3) is 0.389. The first-order valence-electron chi connectivity index (χ1n) is 8.52. The summed E-state index contributed by atoms with van der Waals surface area (Å²) in [6, 6.07) is 7.38. The number of hydrogen-bond donors (Lipinski definition) is 2. The van der Waals surface area contributed by atoms with E-state index < -0.39 is 0 Å². The highest BCUT2D eigenvalue weighted by Gasteiger charge is 2.27. The number of aryl methyl sites for hydroxylation is 1. The number of carbonyl (C=O) groups excluding carboxylic acids is 2. The molecule has 3 amide bonds. The molecule has 0 saturated carbocycles. The Morgan fingerprint density at radius 2 is 2.04 bits per heavy atom. The lowest BCUT2D eigenvalue weighted by molar-refractivity contribution is -0.126. The van der Waals surface area contributed by atoms with Crippen LogP contribution >= 0.6 is 27.3 Å². The molecule has 6 nitrogen and oxygen atoms in total. The van der Waals surface area contributed by atoms with Crippen molar-refractivity contribution in [3.63, 3.8) is 0 Å². The van der Waals surface area contributed by atoms with E-state index in [0.29, 0.717) is 32.5 Å². The van der Waals surface area contributed by atoms with Gasteiger partial charge in [-0.2, -0.15) is 0 Å². The van der Waals surface area contributed by atoms with E-state index >= 15 is 0 Å². The third-order valence-electron chi connectivity index (χ3n) is 4.38. The Hall–Kier alpha value is -1.93. The maximum Gasteiger partial charge on any atom is 0.321 e. The van der Waals surface area contributed by atoms with E-state index in [0.717, 1.165) is 20.9 Å². The zero-order valence-electron chi connectivity index (χ0n) is 14.5. The highest BCUT2D eigenvalue weighted by Crippen LogP contribution is 2.23. The number of amides is 3. The summed E-state index contributed by atoms with van der Waals surface area (Å²) < 4.78 is 0.847. The molecule has 2 N–H and O–H groups in total. The molecule has 1 saturated heterocycles. The van der Waals surface area contributed by atoms with Crippen molar-refractivity contribution >= 4 is 44.9 Å². The third-order valence-corrected chi connectivity index (χ3v) is 5.89. The lowest BCUT2D eigenvalue weighted by atomic mass is 9.96. The maximum atomic E-state index is 12.4. The Morgan fingerprint density at radius 3 is 2.69 bits per heavy atom. The quantitative estimate of drug-likeness (QED) is 0.765. The van der Waals surface area contributed by atoms with Crippen LogP contribution in [-0.2, 0) is 11.3 Å². The van der Waals surface area contributed by atoms with Gasteiger partial charge < -0.3 is 15.5 Å². The SMILES string of the molecule is Cc1nc(CNC(=O)C2CCN(C(=O)Nc3ccccc3Br)CC2)cs1. The number of piperidine rings is 1. The van der Waals surface area contributed by atoms with Crippen LogP contribution in [0.15, 0.2) is 34.1 Å². The molecule has 138 valence electrons. The van der Waals surface area contributed by atoms with Crippen molar-refractivity contribution in [3.8, 4) is 0 Å². The first kappa shape index (κ1) is 18.8. The van der Waals surface area contributed by atoms with E-state index in [9.17, 15) is 9.59 Å². The molecular weight excluding hydrogens is 416 g/mol. The number of nitrogens with zero attached hydrogens (tertiary/aromatic N) is 2. The topological polar surface area (TPSA) is 74.3 Å². The molecule has 1 aromatic carbocycles. The Balaban J connectivity index is 1.45. The summed E-state index contributed by atoms with van der Waals surface area (Å²) in [4.78, 5) is 30.8. The Labute approximate surface area is 165 Å². The van der Waals surface area contributed by atoms with Crippen LogP contribution in [0.4, 0.5) is 10.5 Å². The zero-order chi connectivity index (χ0) is 18.5. The van der Waals surface area contributed by atoms with Crippen molar-refractivity contribution in [2.45, 2.75) is 26.3 Å². The molecule has 1 aliphatic rings. The van der Waals surface area contributed by atoms with E-state index in [2.05, 4.69) is 31.5 Å². The van der Waals surface area contributed by atoms with Crippen molar-refractivity contribution < 1.29 is 9.59 Å². The molecular formula is C18H21BrN4O2S. The smallest absolute Gasteiger partial charge is 0.321 e. The molecule has 8 heteroatoms. The zero-order valence-corrected chi connectivity index (χ0v) is 16.9. The summed E-state index contributed by atoms with van der Waals surface area (Å²) in [6.07, 6.45) is 1.34. The molecule has 0 spiro atoms. The van der Waals surface area contributed by atoms with Crippen LogP contribution in [0, 0.1) is 12.8 Å². The highest BCUT2D eigenvalue weighted by molar-refractivity contribution is 9.10. The number of thiazole rings is 1. The summed E-state index contributed by atoms with van der Waals surface area (Å²) in [5.41, 5.74) is 1.64. The van der Waals surface area contributed by atoms with Gasteiger partial charge in [-0.15, -0.1) is 11.3 Å². The Kier molecular flexibility index (Phi) is 6.26. The molecule has 1 aromatic heterocycles. The molecule has 1 aliphatic heterocycles. The predicted molar refractivity (Wildman–Crippen MR) is 106 cm³/mol. The molecule has 0 bridgehead atoms. The number of anilines is 1. The number of likely N-dealkylation sites (tertiary alicyclic amines) is 1. The van der Waals surface area contributed by atoms with Crippen LogP contribution < -0.4 is 10.6 Å². The van der Waals surface area contributed by atoms with Gasteiger partial charge in [-0.25, -0.2) is 9.78 Å². The molecule has 3 rings (SSSR count). The average molecular weight is 437 g/mol. The minimum Gasteiger partial charge on any atom is -0.350 e. The van der Waals surface area contributed by atoms with E-state index in [1.807, 2.05) is 36.6 Å². The first-order chi connectivity index (χ1) is 12.5. The minimum atomic E-state index is -0.131. The molecule has 0 aliphatic carbocycles. The number of rotatable bonds is 4. The summed E-state index contributed by atoms with van der Waals surface area (Å²) in [6.45, 7) is 3.56. The van der Waals surface area contributed by atoms with Crippen molar-refractivity contribution in [2.24, 2.45) is 5.92 Å². The average Bonchev–Trinajstić information content (AvgIpc) is 3.07. The van der Waals surface area contributed by atoms with E-state index in [1.54, 1.807) is 16.2 Å². The summed E-state index contributed by atoms with van der Waals surface area (Å²) in [5.74, 6) is -0.0104. The molecule has 26 heavy (non-hydrogen) atoms. The maximum absolute atomic E-state index is 12.4. The van der Waals surface area contributed by atoms with Crippen LogP contribution in [0.25, 0.3) is 0 Å². The van der Waals surface area contributed by atoms with Crippen molar-refractivity contribution in [2.75, 3.05) is 18.4 Å². The van der Waals surface area contributed by atoms with E-state index in [1.165, 1.54) is 0 Å². The standard InChI is InChI=1S/C18H21BrN4O2S/c1-12-21-14(11-26-12)10-20-17(24)13-6-8-23(9-7-13)18(25)22-16-5-3-2-4-15(16)19/h2-5,11,13H,6-10H2,1H3,(H,20,24)(H,22,25). The number of urea groups is 1. The van der Waals surface area contributed by atoms with Gasteiger partial charge in [0.2, 0.25) is 5.91 Å². The third kappa shape index (κ3) is 4.82. The first-order valence-corrected chi connectivity index (χ1v) is 10.2. The fourth-order valence-electron chi connectivity index (χ4n) is 2.91. The van der Waals surface area contributed by atoms with Gasteiger partial charge >= 0.3 is 6.03 Å². The van der Waals surface area contributed by atoms with Gasteiger partial charge in [-0.05, 0) is 47.8 Å². The molecule has 2 aromatic rings. The Morgan fingerprint density at radius 1 is 1.31 bits per heavy atom. The summed E-state index contributed by atoms with van der Waals surface area (Å²) in [7, 11) is 0. The van der Waals surface area contributed by atoms with Gasteiger partial charge in [0, 0.05) is 28.9 Å². The number of nitrogens with one attached hydrogen (secondary N) is 2. The molecule has 1 fully saturated rings. The summed E-state index contributed by atoms with van der Waals surface area (Å²) >= 11 is 5.00. The number of aromatic nitrogens is 1. The van der Waals surface area contributed by atoms with Gasteiger partial charge in [0.15, 0.2) is 0 Å². The van der Waals surface area contributed by atoms with Gasteiger partial charge in [-0.1, -0.05) is 12.1 Å². The van der Waals surface area contributed by atoms with E-state index in [4.69, 9.17) is 0 Å². The highest BCUT2D eigenvalue weighted by atomic mass is 79.9. The van der Waals surface area contributed by atoms with Gasteiger partial charge in [0.25, 0.3) is 0 Å². The normalized spacial score (nSPS) is 14.9. The van der Waals surface area contributed by atoms with Crippen molar-refractivity contribution in [3.05, 3.63) is 44.8 Å². The molecule has 0 radical (unpaired) electrons. The van der Waals surface area contributed by atoms with Crippen LogP contribution in [0.5, 0.6) is 0 Å². The van der Waals surface area contributed by atoms with E-state index in [-0.39, 0.29) is 17.9 Å². The van der Waals surface area contributed by atoms with Gasteiger partial charge in [0.1, 0.15) is 0 Å². The van der Waals surface area contributed by atoms with Crippen molar-refractivity contribution in [1.29, 1.82) is 0 Å². The second-order valence-corrected chi connectivity index (χ2v) is 8.16. The minimum absolute atomic E-state index is 0.0431. The van der Waals surface area contributed by atoms with Crippen LogP contribution in [0.3, 0.4) is 0 Å². The predicted octanol–water partition coefficient (Wildman–Crippen LogP) is 3.77. The number of halogens is 1. The van der Waals surface area contributed by atoms with Crippen LogP contribution in [0.1, 0.15) is 23.5 Å². The number of carbonyl (C=O) groups is 2. The Bertz CT molecular complexity index is 787. The molecule has 0 atom stereocenters. The molecule has 2 heterocycles. The second kappa shape index (κ2) is 8.64. The fourth-order valence-corrected chi connectivity index (χ4v) is 3.91. The monoisotopic (exact) mass is 436 g/mol. The molecule has 0 unspecified atom stereocenters. The lowest BCUT2D eigenvalue weighted by Crippen LogP contribution is -2.44. The number of hydrogen-bond acceptors (Lipinski definition) is 4. The largest absolute Gasteiger partial charge is 0.350 e. The second-order valence-electron chi connectivity index (χ2n) is 6.25. The van der Waals surface area contributed by atoms with Crippen LogP contribution in [-0.4, -0.2) is 34.9 Å². The summed E-state index contributed by atoms with van der Waals surface area (Å²) in [5, 5.41) is 8.82. The number of benzene rings is 1. The van der Waals surface area contributed by atoms with Crippen LogP contribution in [0.2, 0.25) is 0 Å². The van der Waals surface area contributed by atoms with Gasteiger partial charge in [0.05, 0.1) is 22.9 Å².